The molecule has 2 unspecified atom stereocenters. The summed E-state index contributed by atoms with van der Waals surface area (Å²) in [5, 5.41) is 0. The van der Waals surface area contributed by atoms with Crippen molar-refractivity contribution in [3.05, 3.63) is 36.5 Å². The maximum atomic E-state index is 12.6. The van der Waals surface area contributed by atoms with Crippen LogP contribution >= 0.6 is 0 Å². The number of allylic oxidation sites excluding steroid dienone is 2. The zero-order valence-corrected chi connectivity index (χ0v) is 14.6. The number of hydrogen-bond acceptors (Lipinski definition) is 5. The van der Waals surface area contributed by atoms with E-state index in [0.717, 1.165) is 5.82 Å². The average molecular weight is 354 g/mol. The van der Waals surface area contributed by atoms with Gasteiger partial charge in [0.25, 0.3) is 0 Å². The van der Waals surface area contributed by atoms with Gasteiger partial charge in [-0.15, -0.1) is 0 Å². The van der Waals surface area contributed by atoms with Crippen LogP contribution in [0.25, 0.3) is 0 Å². The molecule has 3 heterocycles. The van der Waals surface area contributed by atoms with Crippen LogP contribution in [0.4, 0.5) is 5.82 Å². The molecule has 1 aromatic rings. The molecule has 2 aliphatic heterocycles. The quantitative estimate of drug-likeness (QED) is 0.590. The minimum atomic E-state index is -0.277. The van der Waals surface area contributed by atoms with Crippen LogP contribution in [0.15, 0.2) is 36.5 Å². The SMILES string of the molecule is O=C(CN1C(=O)C2CC=CCC2C1=O)N1CCN(c2ccccn2)CC1. The fraction of sp³-hybridized carbons (Fsp3) is 0.474. The number of carbonyl (C=O) groups excluding carboxylic acids is 3. The lowest BCUT2D eigenvalue weighted by molar-refractivity contribution is -0.146. The molecule has 3 aliphatic rings. The summed E-state index contributed by atoms with van der Waals surface area (Å²) in [7, 11) is 0. The van der Waals surface area contributed by atoms with Crippen LogP contribution in [-0.4, -0.2) is 65.2 Å². The zero-order valence-electron chi connectivity index (χ0n) is 14.6. The smallest absolute Gasteiger partial charge is 0.242 e. The Hall–Kier alpha value is -2.70. The highest BCUT2D eigenvalue weighted by atomic mass is 16.2. The zero-order chi connectivity index (χ0) is 18.1. The highest BCUT2D eigenvalue weighted by Gasteiger charge is 2.47. The fourth-order valence-corrected chi connectivity index (χ4v) is 3.99. The second kappa shape index (κ2) is 6.90. The number of imide groups is 1. The molecule has 0 bridgehead atoms. The Morgan fingerprint density at radius 1 is 1.00 bits per heavy atom. The van der Waals surface area contributed by atoms with E-state index in [1.54, 1.807) is 11.1 Å². The number of carbonyl (C=O) groups is 3. The molecular formula is C19H22N4O3. The molecule has 7 heteroatoms. The summed E-state index contributed by atoms with van der Waals surface area (Å²) in [6, 6.07) is 5.77. The molecule has 4 rings (SSSR count). The Labute approximate surface area is 152 Å². The standard InChI is InChI=1S/C19H22N4O3/c24-17(13-23-18(25)14-5-1-2-6-15(14)19(23)26)22-11-9-21(10-12-22)16-7-3-4-8-20-16/h1-4,7-8,14-15H,5-6,9-13H2. The van der Waals surface area contributed by atoms with Crippen LogP contribution in [0.2, 0.25) is 0 Å². The van der Waals surface area contributed by atoms with Crippen molar-refractivity contribution in [1.82, 2.24) is 14.8 Å². The highest BCUT2D eigenvalue weighted by Crippen LogP contribution is 2.34. The predicted molar refractivity (Wildman–Crippen MR) is 95.1 cm³/mol. The Morgan fingerprint density at radius 3 is 2.23 bits per heavy atom. The average Bonchev–Trinajstić information content (AvgIpc) is 2.94. The summed E-state index contributed by atoms with van der Waals surface area (Å²) in [6.45, 7) is 2.40. The number of nitrogens with zero attached hydrogens (tertiary/aromatic N) is 4. The number of amides is 3. The molecule has 0 saturated carbocycles. The van der Waals surface area contributed by atoms with E-state index in [2.05, 4.69) is 9.88 Å². The number of pyridine rings is 1. The maximum Gasteiger partial charge on any atom is 0.242 e. The summed E-state index contributed by atoms with van der Waals surface area (Å²) in [5.74, 6) is -0.183. The Morgan fingerprint density at radius 2 is 1.65 bits per heavy atom. The van der Waals surface area contributed by atoms with Gasteiger partial charge in [0.15, 0.2) is 0 Å². The molecule has 0 aromatic carbocycles. The number of aromatic nitrogens is 1. The lowest BCUT2D eigenvalue weighted by Gasteiger charge is -2.35. The molecule has 1 aliphatic carbocycles. The van der Waals surface area contributed by atoms with Crippen LogP contribution in [0.5, 0.6) is 0 Å². The summed E-state index contributed by atoms with van der Waals surface area (Å²) in [6.07, 6.45) is 6.86. The normalized spacial score (nSPS) is 25.6. The van der Waals surface area contributed by atoms with Crippen molar-refractivity contribution in [1.29, 1.82) is 0 Å². The van der Waals surface area contributed by atoms with Crippen LogP contribution in [-0.2, 0) is 14.4 Å². The third kappa shape index (κ3) is 2.98. The van der Waals surface area contributed by atoms with Gasteiger partial charge in [0.1, 0.15) is 12.4 Å². The van der Waals surface area contributed by atoms with E-state index in [1.165, 1.54) is 4.90 Å². The maximum absolute atomic E-state index is 12.6. The number of hydrogen-bond donors (Lipinski definition) is 0. The summed E-state index contributed by atoms with van der Waals surface area (Å²) in [5.41, 5.74) is 0. The van der Waals surface area contributed by atoms with Gasteiger partial charge in [-0.1, -0.05) is 18.2 Å². The number of likely N-dealkylation sites (tertiary alicyclic amines) is 1. The van der Waals surface area contributed by atoms with Gasteiger partial charge in [0.2, 0.25) is 17.7 Å². The van der Waals surface area contributed by atoms with Crippen molar-refractivity contribution in [2.45, 2.75) is 12.8 Å². The van der Waals surface area contributed by atoms with E-state index in [4.69, 9.17) is 0 Å². The Kier molecular flexibility index (Phi) is 4.44. The van der Waals surface area contributed by atoms with Gasteiger partial charge in [0, 0.05) is 32.4 Å². The molecule has 0 spiro atoms. The second-order valence-electron chi connectivity index (χ2n) is 6.97. The van der Waals surface area contributed by atoms with Crippen molar-refractivity contribution >= 4 is 23.5 Å². The lowest BCUT2D eigenvalue weighted by Crippen LogP contribution is -2.52. The number of fused-ring (bicyclic) bond motifs is 1. The fourth-order valence-electron chi connectivity index (χ4n) is 3.99. The number of anilines is 1. The van der Waals surface area contributed by atoms with Crippen LogP contribution in [0.1, 0.15) is 12.8 Å². The molecule has 26 heavy (non-hydrogen) atoms. The summed E-state index contributed by atoms with van der Waals surface area (Å²) in [4.78, 5) is 47.0. The molecule has 2 atom stereocenters. The molecular weight excluding hydrogens is 332 g/mol. The van der Waals surface area contributed by atoms with E-state index < -0.39 is 0 Å². The Bertz CT molecular complexity index is 714. The third-order valence-corrected chi connectivity index (χ3v) is 5.50. The van der Waals surface area contributed by atoms with E-state index >= 15 is 0 Å². The molecule has 1 aromatic heterocycles. The van der Waals surface area contributed by atoms with Gasteiger partial charge in [-0.2, -0.15) is 0 Å². The van der Waals surface area contributed by atoms with Crippen molar-refractivity contribution in [2.75, 3.05) is 37.6 Å². The molecule has 0 radical (unpaired) electrons. The monoisotopic (exact) mass is 354 g/mol. The van der Waals surface area contributed by atoms with E-state index in [-0.39, 0.29) is 36.1 Å². The molecule has 7 nitrogen and oxygen atoms in total. The van der Waals surface area contributed by atoms with Crippen molar-refractivity contribution in [3.63, 3.8) is 0 Å². The van der Waals surface area contributed by atoms with Crippen LogP contribution < -0.4 is 4.90 Å². The minimum Gasteiger partial charge on any atom is -0.353 e. The van der Waals surface area contributed by atoms with E-state index in [9.17, 15) is 14.4 Å². The van der Waals surface area contributed by atoms with Gasteiger partial charge in [-0.05, 0) is 25.0 Å². The molecule has 2 saturated heterocycles. The third-order valence-electron chi connectivity index (χ3n) is 5.50. The van der Waals surface area contributed by atoms with Gasteiger partial charge in [0.05, 0.1) is 11.8 Å². The predicted octanol–water partition coefficient (Wildman–Crippen LogP) is 0.681. The first kappa shape index (κ1) is 16.8. The molecule has 0 N–H and O–H groups in total. The van der Waals surface area contributed by atoms with Crippen LogP contribution in [0, 0.1) is 11.8 Å². The number of rotatable bonds is 3. The second-order valence-corrected chi connectivity index (χ2v) is 6.97. The van der Waals surface area contributed by atoms with Gasteiger partial charge < -0.3 is 9.80 Å². The lowest BCUT2D eigenvalue weighted by atomic mass is 9.85. The minimum absolute atomic E-state index is 0.131. The first-order valence-electron chi connectivity index (χ1n) is 9.09. The molecule has 2 fully saturated rings. The van der Waals surface area contributed by atoms with Crippen molar-refractivity contribution in [2.24, 2.45) is 11.8 Å². The molecule has 136 valence electrons. The van der Waals surface area contributed by atoms with Gasteiger partial charge in [-0.25, -0.2) is 4.98 Å². The van der Waals surface area contributed by atoms with E-state index in [1.807, 2.05) is 30.4 Å². The topological polar surface area (TPSA) is 73.8 Å². The van der Waals surface area contributed by atoms with Crippen molar-refractivity contribution < 1.29 is 14.4 Å². The van der Waals surface area contributed by atoms with E-state index in [0.29, 0.717) is 39.0 Å². The molecule has 3 amide bonds. The summed E-state index contributed by atoms with van der Waals surface area (Å²) < 4.78 is 0. The largest absolute Gasteiger partial charge is 0.353 e. The van der Waals surface area contributed by atoms with Gasteiger partial charge in [-0.3, -0.25) is 19.3 Å². The van der Waals surface area contributed by atoms with Crippen LogP contribution in [0.3, 0.4) is 0 Å². The first-order valence-corrected chi connectivity index (χ1v) is 9.09. The summed E-state index contributed by atoms with van der Waals surface area (Å²) >= 11 is 0. The van der Waals surface area contributed by atoms with Gasteiger partial charge >= 0.3 is 0 Å². The van der Waals surface area contributed by atoms with Crippen molar-refractivity contribution in [3.8, 4) is 0 Å². The number of piperazine rings is 1. The highest BCUT2D eigenvalue weighted by molar-refractivity contribution is 6.07. The first-order chi connectivity index (χ1) is 12.6. The Balaban J connectivity index is 1.35.